The molecule has 1 heteroatoms. The summed E-state index contributed by atoms with van der Waals surface area (Å²) in [5, 5.41) is 5.00. The number of benzene rings is 11. The molecule has 11 aromatic rings. The van der Waals surface area contributed by atoms with Crippen molar-refractivity contribution in [2.45, 2.75) is 12.3 Å². The fourth-order valence-corrected chi connectivity index (χ4v) is 10.7. The van der Waals surface area contributed by atoms with Gasteiger partial charge in [-0.2, -0.15) is 0 Å². The Morgan fingerprint density at radius 1 is 0.292 bits per heavy atom. The average Bonchev–Trinajstić information content (AvgIpc) is 3.65. The lowest BCUT2D eigenvalue weighted by atomic mass is 9.74. The molecule has 1 aliphatic rings. The summed E-state index contributed by atoms with van der Waals surface area (Å²) in [5.74, 6) is 0. The van der Waals surface area contributed by atoms with Crippen LogP contribution < -0.4 is 4.90 Å². The summed E-state index contributed by atoms with van der Waals surface area (Å²) in [6, 6.07) is 93.6. The molecule has 0 radical (unpaired) electrons. The Morgan fingerprint density at radius 3 is 1.52 bits per heavy atom. The van der Waals surface area contributed by atoms with E-state index in [0.29, 0.717) is 0 Å². The minimum atomic E-state index is -0.333. The minimum absolute atomic E-state index is 0.333. The van der Waals surface area contributed by atoms with E-state index in [9.17, 15) is 0 Å². The summed E-state index contributed by atoms with van der Waals surface area (Å²) in [4.78, 5) is 2.47. The molecule has 0 fully saturated rings. The first-order valence-electron chi connectivity index (χ1n) is 22.6. The van der Waals surface area contributed by atoms with Gasteiger partial charge in [-0.25, -0.2) is 0 Å². The van der Waals surface area contributed by atoms with Gasteiger partial charge in [0.2, 0.25) is 0 Å². The van der Waals surface area contributed by atoms with E-state index >= 15 is 0 Å². The third-order valence-corrected chi connectivity index (χ3v) is 13.7. The molecular formula is C64H45N. The molecule has 0 heterocycles. The van der Waals surface area contributed by atoms with Gasteiger partial charge >= 0.3 is 0 Å². The zero-order chi connectivity index (χ0) is 43.3. The van der Waals surface area contributed by atoms with Gasteiger partial charge < -0.3 is 4.90 Å². The lowest BCUT2D eigenvalue weighted by molar-refractivity contribution is 0.714. The van der Waals surface area contributed by atoms with Crippen molar-refractivity contribution in [3.8, 4) is 55.6 Å². The number of nitrogens with zero attached hydrogens (tertiary/aromatic N) is 1. The molecule has 0 saturated carbocycles. The fraction of sp³-hybridized carbons (Fsp3) is 0.0312. The molecule has 1 aliphatic carbocycles. The predicted octanol–water partition coefficient (Wildman–Crippen LogP) is 17.5. The highest BCUT2D eigenvalue weighted by atomic mass is 15.1. The SMILES string of the molecule is CC1(c2ccccc2)c2ccccc2-c2ccc(N(c3cccc(-c4ccc5c(c4)c(-c4ccccc4)c(-c4ccccc4)c4ccccc45)c3)c3ccccc3-c3ccccc3)cc21. The second kappa shape index (κ2) is 15.8. The van der Waals surface area contributed by atoms with Crippen LogP contribution in [-0.2, 0) is 5.41 Å². The van der Waals surface area contributed by atoms with Gasteiger partial charge in [0.05, 0.1) is 5.69 Å². The van der Waals surface area contributed by atoms with Crippen LogP contribution in [0.5, 0.6) is 0 Å². The number of fused-ring (bicyclic) bond motifs is 6. The lowest BCUT2D eigenvalue weighted by Gasteiger charge is -2.31. The summed E-state index contributed by atoms with van der Waals surface area (Å²) in [6.45, 7) is 2.40. The molecule has 0 bridgehead atoms. The van der Waals surface area contributed by atoms with Crippen LogP contribution in [0.2, 0.25) is 0 Å². The largest absolute Gasteiger partial charge is 0.310 e. The van der Waals surface area contributed by atoms with Crippen molar-refractivity contribution in [3.63, 3.8) is 0 Å². The van der Waals surface area contributed by atoms with Gasteiger partial charge in [0.25, 0.3) is 0 Å². The second-order valence-corrected chi connectivity index (χ2v) is 17.3. The molecule has 65 heavy (non-hydrogen) atoms. The van der Waals surface area contributed by atoms with Gasteiger partial charge in [-0.1, -0.05) is 218 Å². The Kier molecular flexibility index (Phi) is 9.35. The zero-order valence-electron chi connectivity index (χ0n) is 36.2. The first-order valence-corrected chi connectivity index (χ1v) is 22.6. The van der Waals surface area contributed by atoms with Crippen LogP contribution in [0, 0.1) is 0 Å². The smallest absolute Gasteiger partial charge is 0.0540 e. The molecule has 0 saturated heterocycles. The summed E-state index contributed by atoms with van der Waals surface area (Å²) < 4.78 is 0. The van der Waals surface area contributed by atoms with E-state index in [-0.39, 0.29) is 5.41 Å². The average molecular weight is 828 g/mol. The predicted molar refractivity (Wildman–Crippen MR) is 275 cm³/mol. The van der Waals surface area contributed by atoms with Crippen LogP contribution >= 0.6 is 0 Å². The fourth-order valence-electron chi connectivity index (χ4n) is 10.7. The number of hydrogen-bond acceptors (Lipinski definition) is 1. The monoisotopic (exact) mass is 827 g/mol. The van der Waals surface area contributed by atoms with Gasteiger partial charge in [0, 0.05) is 22.4 Å². The number of hydrogen-bond donors (Lipinski definition) is 0. The maximum absolute atomic E-state index is 2.47. The molecule has 0 aliphatic heterocycles. The van der Waals surface area contributed by atoms with E-state index in [2.05, 4.69) is 267 Å². The molecule has 306 valence electrons. The number of para-hydroxylation sites is 1. The van der Waals surface area contributed by atoms with Crippen LogP contribution in [0.15, 0.2) is 255 Å². The third kappa shape index (κ3) is 6.39. The summed E-state index contributed by atoms with van der Waals surface area (Å²) in [6.07, 6.45) is 0. The Balaban J connectivity index is 1.08. The zero-order valence-corrected chi connectivity index (χ0v) is 36.2. The van der Waals surface area contributed by atoms with E-state index in [1.165, 1.54) is 88.3 Å². The molecule has 1 unspecified atom stereocenters. The molecule has 0 N–H and O–H groups in total. The first kappa shape index (κ1) is 38.4. The Hall–Kier alpha value is -8.26. The second-order valence-electron chi connectivity index (χ2n) is 17.3. The van der Waals surface area contributed by atoms with E-state index in [4.69, 9.17) is 0 Å². The highest BCUT2D eigenvalue weighted by Crippen LogP contribution is 2.54. The van der Waals surface area contributed by atoms with Crippen LogP contribution in [0.1, 0.15) is 23.6 Å². The summed E-state index contributed by atoms with van der Waals surface area (Å²) in [7, 11) is 0. The van der Waals surface area contributed by atoms with Crippen LogP contribution in [0.25, 0.3) is 77.2 Å². The highest BCUT2D eigenvalue weighted by Gasteiger charge is 2.41. The molecule has 11 aromatic carbocycles. The van der Waals surface area contributed by atoms with Crippen molar-refractivity contribution >= 4 is 38.6 Å². The van der Waals surface area contributed by atoms with Gasteiger partial charge in [-0.3, -0.25) is 0 Å². The van der Waals surface area contributed by atoms with E-state index < -0.39 is 0 Å². The topological polar surface area (TPSA) is 3.24 Å². The lowest BCUT2D eigenvalue weighted by Crippen LogP contribution is -2.22. The molecule has 0 aromatic heterocycles. The van der Waals surface area contributed by atoms with Gasteiger partial charge in [-0.05, 0) is 132 Å². The molecule has 0 spiro atoms. The van der Waals surface area contributed by atoms with Crippen LogP contribution in [-0.4, -0.2) is 0 Å². The van der Waals surface area contributed by atoms with E-state index in [1.54, 1.807) is 0 Å². The van der Waals surface area contributed by atoms with Gasteiger partial charge in [0.1, 0.15) is 0 Å². The molecular weight excluding hydrogens is 783 g/mol. The first-order chi connectivity index (χ1) is 32.1. The minimum Gasteiger partial charge on any atom is -0.310 e. The van der Waals surface area contributed by atoms with Crippen molar-refractivity contribution in [2.24, 2.45) is 0 Å². The van der Waals surface area contributed by atoms with Crippen LogP contribution in [0.3, 0.4) is 0 Å². The van der Waals surface area contributed by atoms with Gasteiger partial charge in [-0.15, -0.1) is 0 Å². The molecule has 1 nitrogen and oxygen atoms in total. The number of rotatable bonds is 8. The maximum Gasteiger partial charge on any atom is 0.0540 e. The summed E-state index contributed by atoms with van der Waals surface area (Å²) in [5.41, 5.74) is 19.1. The third-order valence-electron chi connectivity index (χ3n) is 13.7. The Morgan fingerprint density at radius 2 is 0.800 bits per heavy atom. The molecule has 12 rings (SSSR count). The van der Waals surface area contributed by atoms with Crippen LogP contribution in [0.4, 0.5) is 17.1 Å². The Bertz CT molecular complexity index is 3540. The maximum atomic E-state index is 2.47. The molecule has 1 atom stereocenters. The van der Waals surface area contributed by atoms with E-state index in [0.717, 1.165) is 22.6 Å². The van der Waals surface area contributed by atoms with Crippen molar-refractivity contribution in [3.05, 3.63) is 271 Å². The van der Waals surface area contributed by atoms with Gasteiger partial charge in [0.15, 0.2) is 0 Å². The summed E-state index contributed by atoms with van der Waals surface area (Å²) >= 11 is 0. The highest BCUT2D eigenvalue weighted by molar-refractivity contribution is 6.22. The standard InChI is InChI=1S/C64H45N/c1-64(49-28-12-5-13-29-49)59-35-18-16-33-55(59)56-40-38-51(43-60(56)64)65(61-36-19-17-31-52(61)44-21-6-2-7-22-44)50-30-20-27-47(41-50)48-37-39-54-53-32-14-15-34-57(53)62(45-23-8-3-9-24-45)63(58(54)42-48)46-25-10-4-11-26-46/h2-43H,1H3. The Labute approximate surface area is 381 Å². The number of anilines is 3. The van der Waals surface area contributed by atoms with Crippen molar-refractivity contribution in [2.75, 3.05) is 4.90 Å². The quantitative estimate of drug-likeness (QED) is 0.138. The van der Waals surface area contributed by atoms with Crippen molar-refractivity contribution in [1.29, 1.82) is 0 Å². The van der Waals surface area contributed by atoms with Crippen molar-refractivity contribution in [1.82, 2.24) is 0 Å². The molecule has 0 amide bonds. The van der Waals surface area contributed by atoms with E-state index in [1.807, 2.05) is 0 Å². The van der Waals surface area contributed by atoms with Crippen molar-refractivity contribution < 1.29 is 0 Å². The normalized spacial score (nSPS) is 14.0.